The summed E-state index contributed by atoms with van der Waals surface area (Å²) in [6.07, 6.45) is 6.40. The molecule has 0 bridgehead atoms. The second-order valence-electron chi connectivity index (χ2n) is 7.50. The first-order chi connectivity index (χ1) is 14.7. The van der Waals surface area contributed by atoms with Crippen molar-refractivity contribution in [3.8, 4) is 6.07 Å². The first-order valence-electron chi connectivity index (χ1n) is 10.1. The molecule has 0 saturated carbocycles. The molecule has 6 nitrogen and oxygen atoms in total. The Morgan fingerprint density at radius 1 is 1.03 bits per heavy atom. The quantitative estimate of drug-likeness (QED) is 0.702. The first kappa shape index (κ1) is 19.6. The van der Waals surface area contributed by atoms with Gasteiger partial charge in [-0.2, -0.15) is 5.26 Å². The molecular weight excluding hydrogens is 374 g/mol. The number of piperidine rings is 1. The molecule has 1 N–H and O–H groups in total. The van der Waals surface area contributed by atoms with Gasteiger partial charge in [0.2, 0.25) is 5.95 Å². The van der Waals surface area contributed by atoms with E-state index in [1.54, 1.807) is 36.7 Å². The molecule has 0 atom stereocenters. The number of nitriles is 1. The molecule has 3 aromatic rings. The number of aromatic nitrogens is 2. The molecular formula is C24H23N5O. The van der Waals surface area contributed by atoms with Crippen molar-refractivity contribution in [3.05, 3.63) is 83.7 Å². The molecule has 1 fully saturated rings. The molecule has 0 spiro atoms. The van der Waals surface area contributed by atoms with Crippen LogP contribution in [0.1, 0.15) is 34.3 Å². The number of amides is 1. The molecule has 4 rings (SSSR count). The highest BCUT2D eigenvalue weighted by Gasteiger charge is 2.21. The summed E-state index contributed by atoms with van der Waals surface area (Å²) in [6, 6.07) is 19.6. The fourth-order valence-electron chi connectivity index (χ4n) is 3.77. The van der Waals surface area contributed by atoms with Gasteiger partial charge in [0.15, 0.2) is 0 Å². The summed E-state index contributed by atoms with van der Waals surface area (Å²) in [7, 11) is 0. The Hall–Kier alpha value is -3.72. The monoisotopic (exact) mass is 397 g/mol. The van der Waals surface area contributed by atoms with E-state index in [-0.39, 0.29) is 5.91 Å². The number of para-hydroxylation sites is 1. The lowest BCUT2D eigenvalue weighted by Crippen LogP contribution is -2.35. The number of carbonyl (C=O) groups excluding carboxylic acids is 1. The lowest BCUT2D eigenvalue weighted by atomic mass is 9.90. The van der Waals surface area contributed by atoms with Gasteiger partial charge in [0, 0.05) is 25.5 Å². The molecule has 2 heterocycles. The van der Waals surface area contributed by atoms with Crippen molar-refractivity contribution < 1.29 is 4.79 Å². The van der Waals surface area contributed by atoms with Crippen LogP contribution in [0.5, 0.6) is 0 Å². The number of carbonyl (C=O) groups is 1. The second-order valence-corrected chi connectivity index (χ2v) is 7.50. The minimum atomic E-state index is -0.328. The van der Waals surface area contributed by atoms with E-state index in [0.717, 1.165) is 32.4 Å². The predicted octanol–water partition coefficient (Wildman–Crippen LogP) is 4.06. The van der Waals surface area contributed by atoms with Crippen LogP contribution in [-0.4, -0.2) is 29.0 Å². The van der Waals surface area contributed by atoms with Gasteiger partial charge < -0.3 is 10.2 Å². The summed E-state index contributed by atoms with van der Waals surface area (Å²) in [5.41, 5.74) is 2.65. The van der Waals surface area contributed by atoms with Crippen molar-refractivity contribution >= 4 is 17.5 Å². The number of hydrogen-bond donors (Lipinski definition) is 1. The van der Waals surface area contributed by atoms with Gasteiger partial charge in [0.25, 0.3) is 5.91 Å². The topological polar surface area (TPSA) is 81.9 Å². The maximum atomic E-state index is 12.5. The molecule has 1 aliphatic rings. The SMILES string of the molecule is N#Cc1ccccc1NC(=O)c1cnc(N2CCC(Cc3ccccc3)CC2)nc1. The first-order valence-corrected chi connectivity index (χ1v) is 10.1. The fraction of sp³-hybridized carbons (Fsp3) is 0.250. The van der Waals surface area contributed by atoms with E-state index in [1.165, 1.54) is 5.56 Å². The van der Waals surface area contributed by atoms with E-state index in [4.69, 9.17) is 5.26 Å². The average Bonchev–Trinajstić information content (AvgIpc) is 2.81. The Morgan fingerprint density at radius 3 is 2.40 bits per heavy atom. The van der Waals surface area contributed by atoms with Gasteiger partial charge in [0.1, 0.15) is 6.07 Å². The molecule has 1 amide bonds. The molecule has 0 unspecified atom stereocenters. The normalized spacial score (nSPS) is 14.2. The fourth-order valence-corrected chi connectivity index (χ4v) is 3.77. The van der Waals surface area contributed by atoms with Crippen LogP contribution in [0.2, 0.25) is 0 Å². The smallest absolute Gasteiger partial charge is 0.258 e. The minimum absolute atomic E-state index is 0.328. The zero-order chi connectivity index (χ0) is 20.8. The molecule has 0 aliphatic carbocycles. The van der Waals surface area contributed by atoms with E-state index >= 15 is 0 Å². The summed E-state index contributed by atoms with van der Waals surface area (Å²) >= 11 is 0. The van der Waals surface area contributed by atoms with E-state index < -0.39 is 0 Å². The molecule has 1 aliphatic heterocycles. The van der Waals surface area contributed by atoms with Crippen LogP contribution < -0.4 is 10.2 Å². The van der Waals surface area contributed by atoms with Crippen molar-refractivity contribution in [2.45, 2.75) is 19.3 Å². The third-order valence-corrected chi connectivity index (χ3v) is 5.46. The lowest BCUT2D eigenvalue weighted by Gasteiger charge is -2.32. The highest BCUT2D eigenvalue weighted by molar-refractivity contribution is 6.04. The van der Waals surface area contributed by atoms with Crippen molar-refractivity contribution in [2.75, 3.05) is 23.3 Å². The van der Waals surface area contributed by atoms with Crippen molar-refractivity contribution in [1.82, 2.24) is 9.97 Å². The third-order valence-electron chi connectivity index (χ3n) is 5.46. The van der Waals surface area contributed by atoms with Crippen molar-refractivity contribution in [2.24, 2.45) is 5.92 Å². The molecule has 1 saturated heterocycles. The molecule has 30 heavy (non-hydrogen) atoms. The Labute approximate surface area is 176 Å². The van der Waals surface area contributed by atoms with Crippen LogP contribution in [-0.2, 0) is 6.42 Å². The molecule has 150 valence electrons. The van der Waals surface area contributed by atoms with Gasteiger partial charge in [-0.25, -0.2) is 9.97 Å². The van der Waals surface area contributed by atoms with Crippen molar-refractivity contribution in [1.29, 1.82) is 5.26 Å². The third kappa shape index (κ3) is 4.64. The Balaban J connectivity index is 1.34. The summed E-state index contributed by atoms with van der Waals surface area (Å²) < 4.78 is 0. The van der Waals surface area contributed by atoms with Crippen LogP contribution in [0.4, 0.5) is 11.6 Å². The lowest BCUT2D eigenvalue weighted by molar-refractivity contribution is 0.102. The largest absolute Gasteiger partial charge is 0.341 e. The number of rotatable bonds is 5. The van der Waals surface area contributed by atoms with Gasteiger partial charge in [0.05, 0.1) is 16.8 Å². The zero-order valence-electron chi connectivity index (χ0n) is 16.7. The summed E-state index contributed by atoms with van der Waals surface area (Å²) in [5, 5.41) is 11.9. The molecule has 1 aromatic heterocycles. The Kier molecular flexibility index (Phi) is 6.00. The molecule has 0 radical (unpaired) electrons. The van der Waals surface area contributed by atoms with Gasteiger partial charge in [-0.3, -0.25) is 4.79 Å². The van der Waals surface area contributed by atoms with Crippen LogP contribution in [0.15, 0.2) is 67.0 Å². The maximum Gasteiger partial charge on any atom is 0.258 e. The predicted molar refractivity (Wildman–Crippen MR) is 116 cm³/mol. The van der Waals surface area contributed by atoms with Gasteiger partial charge >= 0.3 is 0 Å². The van der Waals surface area contributed by atoms with Gasteiger partial charge in [-0.15, -0.1) is 0 Å². The standard InChI is InChI=1S/C24H23N5O/c25-15-20-8-4-5-9-22(20)28-23(30)21-16-26-24(27-17-21)29-12-10-19(11-13-29)14-18-6-2-1-3-7-18/h1-9,16-17,19H,10-14H2,(H,28,30). The number of anilines is 2. The zero-order valence-corrected chi connectivity index (χ0v) is 16.7. The number of nitrogens with zero attached hydrogens (tertiary/aromatic N) is 4. The van der Waals surface area contributed by atoms with Crippen LogP contribution in [0.25, 0.3) is 0 Å². The Bertz CT molecular complexity index is 1040. The number of nitrogens with one attached hydrogen (secondary N) is 1. The highest BCUT2D eigenvalue weighted by atomic mass is 16.1. The van der Waals surface area contributed by atoms with Crippen LogP contribution >= 0.6 is 0 Å². The van der Waals surface area contributed by atoms with Crippen LogP contribution in [0.3, 0.4) is 0 Å². The van der Waals surface area contributed by atoms with Crippen molar-refractivity contribution in [3.63, 3.8) is 0 Å². The van der Waals surface area contributed by atoms with E-state index in [9.17, 15) is 4.79 Å². The van der Waals surface area contributed by atoms with Gasteiger partial charge in [-0.05, 0) is 42.9 Å². The van der Waals surface area contributed by atoms with Crippen LogP contribution in [0, 0.1) is 17.2 Å². The highest BCUT2D eigenvalue weighted by Crippen LogP contribution is 2.24. The van der Waals surface area contributed by atoms with Gasteiger partial charge in [-0.1, -0.05) is 42.5 Å². The summed E-state index contributed by atoms with van der Waals surface area (Å²) in [4.78, 5) is 23.5. The Morgan fingerprint density at radius 2 is 1.70 bits per heavy atom. The number of hydrogen-bond acceptors (Lipinski definition) is 5. The second kappa shape index (κ2) is 9.19. The van der Waals surface area contributed by atoms with E-state index in [0.29, 0.717) is 28.7 Å². The molecule has 2 aromatic carbocycles. The molecule has 6 heteroatoms. The average molecular weight is 397 g/mol. The number of benzene rings is 2. The summed E-state index contributed by atoms with van der Waals surface area (Å²) in [5.74, 6) is 1.00. The van der Waals surface area contributed by atoms with E-state index in [1.807, 2.05) is 0 Å². The summed E-state index contributed by atoms with van der Waals surface area (Å²) in [6.45, 7) is 1.83. The minimum Gasteiger partial charge on any atom is -0.341 e. The maximum absolute atomic E-state index is 12.5. The van der Waals surface area contributed by atoms with E-state index in [2.05, 4.69) is 56.6 Å².